The topological polar surface area (TPSA) is 459 Å². The van der Waals surface area contributed by atoms with Crippen LogP contribution in [-0.2, 0) is 66.7 Å². The fraction of sp³-hybridized carbons (Fsp3) is 0.522. The van der Waals surface area contributed by atoms with Crippen molar-refractivity contribution in [1.29, 1.82) is 0 Å². The first kappa shape index (κ1) is 85.6. The van der Waals surface area contributed by atoms with Gasteiger partial charge in [0.05, 0.1) is 113 Å². The number of benzene rings is 3. The van der Waals surface area contributed by atoms with Crippen molar-refractivity contribution in [3.8, 4) is 0 Å². The van der Waals surface area contributed by atoms with Crippen LogP contribution in [0.1, 0.15) is 142 Å². The van der Waals surface area contributed by atoms with Gasteiger partial charge < -0.3 is 70.6 Å². The van der Waals surface area contributed by atoms with E-state index >= 15 is 0 Å². The summed E-state index contributed by atoms with van der Waals surface area (Å²) in [5.74, 6) is -7.80. The first-order valence-electron chi connectivity index (χ1n) is 33.2. The number of imide groups is 6. The average Bonchev–Trinajstić information content (AvgIpc) is 1.63. The molecule has 6 aliphatic rings. The molecule has 6 aliphatic heterocycles. The Morgan fingerprint density at radius 2 is 0.721 bits per heavy atom. The summed E-state index contributed by atoms with van der Waals surface area (Å²) >= 11 is 0.650. The zero-order valence-electron chi connectivity index (χ0n) is 58.5. The van der Waals surface area contributed by atoms with Gasteiger partial charge in [0, 0.05) is 69.9 Å². The standard InChI is InChI=1S/C24H32N4O8.C19H24N4O6.C13H9FN2O4.C11H24N2O4.FI/c1-24(2,3)36-23(33)26-10-12-35-14-13-34-11-9-25-16-6-4-5-15-19(16)22(32)28(21(15)31)17-7-8-18(29)27-20(17)30;20-6-8-28-10-11-29-9-7-21-13-3-1-2-12-16(13)19(27)23(18(12)26)14-4-5-15(24)22-17(14)25;14-7-3-1-2-6-10(7)13(20)16(12(6)19)8-4-5-9(17)15-11(8)18;1-11(2,3)17-10(14)13-5-7-16-9-8-15-6-4-12;1-2/h4-6,17,25H,7-14H2,1-3H3,(H,26,33)(H,27,29,30);1-3,14,21H,4-11,20H2,(H,22,24,25);1-3,8H,4-5H2,(H,15,17,18);4-9,12H2,1-3H3,(H,13,14);. The number of anilines is 2. The molecule has 3 atom stereocenters. The van der Waals surface area contributed by atoms with Crippen molar-refractivity contribution < 1.29 is 112 Å². The van der Waals surface area contributed by atoms with Gasteiger partial charge in [-0.05, 0) is 97.2 Å². The normalized spacial score (nSPS) is 17.5. The SMILES string of the molecule is CC(C)(C)OC(=O)NCCOCCOCCN.CC(C)(C)OC(=O)NCCOCCOCCNc1cccc2c1C(=O)N(C1CCC(=O)NC1=O)C2=O.FI.NCCOCCOCCNc1cccc2c1C(=O)N(C1CCC(=O)NC1=O)C2=O.O=C1CCC(N2C(=O)c3cccc(F)c3C2=O)C(=O)N1. The van der Waals surface area contributed by atoms with Crippen LogP contribution in [0.5, 0.6) is 0 Å². The maximum absolute atomic E-state index is 13.7. The molecule has 37 heteroatoms. The van der Waals surface area contributed by atoms with Crippen molar-refractivity contribution in [3.05, 3.63) is 93.8 Å². The van der Waals surface area contributed by atoms with Crippen molar-refractivity contribution in [3.63, 3.8) is 0 Å². The zero-order chi connectivity index (χ0) is 76.7. The van der Waals surface area contributed by atoms with Gasteiger partial charge in [-0.1, -0.05) is 18.2 Å². The van der Waals surface area contributed by atoms with Crippen molar-refractivity contribution >= 4 is 118 Å². The Balaban J connectivity index is 0.000000257. The Bertz CT molecular complexity index is 3580. The van der Waals surface area contributed by atoms with Crippen LogP contribution >= 0.6 is 23.2 Å². The minimum Gasteiger partial charge on any atom is -0.444 e. The number of fused-ring (bicyclic) bond motifs is 3. The summed E-state index contributed by atoms with van der Waals surface area (Å²) in [4.78, 5) is 171. The monoisotopic (exact) mass is 1580 g/mol. The van der Waals surface area contributed by atoms with Gasteiger partial charge in [0.2, 0.25) is 35.4 Å². The smallest absolute Gasteiger partial charge is 0.407 e. The van der Waals surface area contributed by atoms with Crippen molar-refractivity contribution in [1.82, 2.24) is 41.3 Å². The van der Waals surface area contributed by atoms with Gasteiger partial charge in [-0.2, -0.15) is 2.86 Å². The molecule has 0 aliphatic carbocycles. The number of alkyl carbamates (subject to hydrolysis) is 2. The molecule has 104 heavy (non-hydrogen) atoms. The van der Waals surface area contributed by atoms with Crippen molar-refractivity contribution in [2.75, 3.05) is 129 Å². The quantitative estimate of drug-likeness (QED) is 0.0263. The van der Waals surface area contributed by atoms with Crippen LogP contribution in [0.15, 0.2) is 54.6 Å². The predicted molar refractivity (Wildman–Crippen MR) is 373 cm³/mol. The zero-order valence-corrected chi connectivity index (χ0v) is 60.7. The van der Waals surface area contributed by atoms with E-state index in [2.05, 4.69) is 37.2 Å². The van der Waals surface area contributed by atoms with Gasteiger partial charge in [-0.3, -0.25) is 88.2 Å². The highest BCUT2D eigenvalue weighted by molar-refractivity contribution is 14.1. The molecule has 3 aromatic carbocycles. The molecule has 0 aromatic heterocycles. The number of rotatable bonds is 30. The first-order valence-corrected chi connectivity index (χ1v) is 34.0. The number of hydrogen-bond donors (Lipinski definition) is 9. The maximum atomic E-state index is 13.7. The Morgan fingerprint density at radius 1 is 0.433 bits per heavy atom. The minimum atomic E-state index is -1.07. The third-order valence-corrected chi connectivity index (χ3v) is 14.9. The summed E-state index contributed by atoms with van der Waals surface area (Å²) in [5, 5.41) is 17.8. The number of hydrogen-bond acceptors (Lipinski definition) is 26. The van der Waals surface area contributed by atoms with Gasteiger partial charge in [0.1, 0.15) is 35.1 Å². The average molecular weight is 1580 g/mol. The number of nitrogens with zero attached hydrogens (tertiary/aromatic N) is 3. The van der Waals surface area contributed by atoms with E-state index < -0.39 is 118 Å². The molecule has 3 unspecified atom stereocenters. The maximum Gasteiger partial charge on any atom is 0.407 e. The molecule has 6 heterocycles. The highest BCUT2D eigenvalue weighted by Gasteiger charge is 2.49. The number of carbonyl (C=O) groups excluding carboxylic acids is 14. The summed E-state index contributed by atoms with van der Waals surface area (Å²) in [6, 6.07) is 10.5. The van der Waals surface area contributed by atoms with Gasteiger partial charge >= 0.3 is 12.2 Å². The number of ether oxygens (including phenoxy) is 8. The molecule has 34 nitrogen and oxygen atoms in total. The van der Waals surface area contributed by atoms with Crippen LogP contribution in [-0.4, -0.2) is 246 Å². The second-order valence-corrected chi connectivity index (χ2v) is 24.9. The number of piperidine rings is 3. The van der Waals surface area contributed by atoms with E-state index in [1.807, 2.05) is 20.8 Å². The Hall–Kier alpha value is -9.09. The molecule has 3 aromatic rings. The van der Waals surface area contributed by atoms with Crippen LogP contribution in [0, 0.1) is 5.82 Å². The fourth-order valence-corrected chi connectivity index (χ4v) is 10.5. The molecule has 0 radical (unpaired) electrons. The van der Waals surface area contributed by atoms with E-state index in [9.17, 15) is 74.4 Å². The molecule has 0 saturated carbocycles. The summed E-state index contributed by atoms with van der Waals surface area (Å²) in [6.45, 7) is 18.4. The van der Waals surface area contributed by atoms with E-state index in [4.69, 9.17) is 49.4 Å². The van der Waals surface area contributed by atoms with Gasteiger partial charge in [0.15, 0.2) is 23.2 Å². The summed E-state index contributed by atoms with van der Waals surface area (Å²) in [7, 11) is 0. The van der Waals surface area contributed by atoms with Crippen LogP contribution in [0.2, 0.25) is 0 Å². The van der Waals surface area contributed by atoms with Gasteiger partial charge in [-0.25, -0.2) is 14.0 Å². The van der Waals surface area contributed by atoms with Crippen LogP contribution < -0.4 is 48.7 Å². The van der Waals surface area contributed by atoms with Crippen molar-refractivity contribution in [2.24, 2.45) is 11.5 Å². The molecule has 0 spiro atoms. The molecule has 3 fully saturated rings. The fourth-order valence-electron chi connectivity index (χ4n) is 10.5. The van der Waals surface area contributed by atoms with E-state index in [1.54, 1.807) is 51.1 Å². The second-order valence-electron chi connectivity index (χ2n) is 24.9. The number of nitrogens with one attached hydrogen (secondary N) is 7. The lowest BCUT2D eigenvalue weighted by atomic mass is 10.0. The number of nitrogens with two attached hydrogens (primary N) is 2. The minimum absolute atomic E-state index is 0.0340. The highest BCUT2D eigenvalue weighted by Crippen LogP contribution is 2.35. The number of carbonyl (C=O) groups is 14. The van der Waals surface area contributed by atoms with Crippen LogP contribution in [0.3, 0.4) is 0 Å². The van der Waals surface area contributed by atoms with Gasteiger partial charge in [-0.15, -0.1) is 0 Å². The third kappa shape index (κ3) is 25.7. The lowest BCUT2D eigenvalue weighted by molar-refractivity contribution is -0.137. The Labute approximate surface area is 612 Å². The van der Waals surface area contributed by atoms with Crippen molar-refractivity contribution in [2.45, 2.75) is 109 Å². The highest BCUT2D eigenvalue weighted by atomic mass is 127. The Kier molecular flexibility index (Phi) is 35.1. The van der Waals surface area contributed by atoms with Crippen LogP contribution in [0.25, 0.3) is 0 Å². The van der Waals surface area contributed by atoms with E-state index in [0.717, 1.165) is 20.8 Å². The van der Waals surface area contributed by atoms with E-state index in [0.29, 0.717) is 153 Å². The molecule has 0 bridgehead atoms. The van der Waals surface area contributed by atoms with E-state index in [1.165, 1.54) is 18.2 Å². The third-order valence-electron chi connectivity index (χ3n) is 14.9. The molecule has 570 valence electrons. The second kappa shape index (κ2) is 42.6. The summed E-state index contributed by atoms with van der Waals surface area (Å²) in [6.07, 6.45) is -0.464. The summed E-state index contributed by atoms with van der Waals surface area (Å²) < 4.78 is 65.2. The summed E-state index contributed by atoms with van der Waals surface area (Å²) in [5.41, 5.74) is 11.0. The lowest BCUT2D eigenvalue weighted by Crippen LogP contribution is -2.54. The molecular formula is C67H89F2IN12O22. The molecule has 11 N–H and O–H groups in total. The molecule has 14 amide bonds. The lowest BCUT2D eigenvalue weighted by Gasteiger charge is -2.27. The first-order chi connectivity index (χ1) is 49.6. The predicted octanol–water partition coefficient (Wildman–Crippen LogP) is 2.59. The molecule has 3 saturated heterocycles. The number of amides is 14. The molecule has 9 rings (SSSR count). The van der Waals surface area contributed by atoms with Gasteiger partial charge in [0.25, 0.3) is 35.4 Å². The Morgan fingerprint density at radius 3 is 1.02 bits per heavy atom. The largest absolute Gasteiger partial charge is 0.444 e. The molecular weight excluding hydrogens is 1490 g/mol. The number of halogens is 3. The van der Waals surface area contributed by atoms with E-state index in [-0.39, 0.29) is 71.9 Å². The van der Waals surface area contributed by atoms with Crippen LogP contribution in [0.4, 0.5) is 28.2 Å².